The van der Waals surface area contributed by atoms with Gasteiger partial charge in [-0.3, -0.25) is 4.90 Å². The lowest BCUT2D eigenvalue weighted by Gasteiger charge is -2.44. The maximum Gasteiger partial charge on any atom is 0.0251 e. The molecule has 0 aromatic rings. The monoisotopic (exact) mass is 266 g/mol. The molecule has 2 aliphatic rings. The summed E-state index contributed by atoms with van der Waals surface area (Å²) in [5.74, 6) is 0.910. The third kappa shape index (κ3) is 4.19. The topological polar surface area (TPSA) is 15.3 Å². The molecule has 2 rings (SSSR count). The van der Waals surface area contributed by atoms with Crippen LogP contribution in [0.3, 0.4) is 0 Å². The van der Waals surface area contributed by atoms with E-state index in [2.05, 4.69) is 31.1 Å². The summed E-state index contributed by atoms with van der Waals surface area (Å²) >= 11 is 0. The van der Waals surface area contributed by atoms with Crippen LogP contribution in [-0.4, -0.2) is 36.6 Å². The van der Waals surface area contributed by atoms with Crippen LogP contribution in [0, 0.1) is 5.92 Å². The van der Waals surface area contributed by atoms with Crippen molar-refractivity contribution >= 4 is 0 Å². The summed E-state index contributed by atoms with van der Waals surface area (Å²) < 4.78 is 0. The van der Waals surface area contributed by atoms with E-state index in [0.717, 1.165) is 30.6 Å². The van der Waals surface area contributed by atoms with Crippen molar-refractivity contribution < 1.29 is 0 Å². The van der Waals surface area contributed by atoms with Crippen molar-refractivity contribution in [1.82, 2.24) is 10.2 Å². The van der Waals surface area contributed by atoms with E-state index >= 15 is 0 Å². The molecule has 2 heteroatoms. The van der Waals surface area contributed by atoms with Gasteiger partial charge in [0, 0.05) is 18.1 Å². The minimum atomic E-state index is 0.731. The average molecular weight is 266 g/mol. The Morgan fingerprint density at radius 2 is 1.68 bits per heavy atom. The van der Waals surface area contributed by atoms with Crippen LogP contribution in [0.1, 0.15) is 71.6 Å². The minimum Gasteiger partial charge on any atom is -0.313 e. The summed E-state index contributed by atoms with van der Waals surface area (Å²) in [6.45, 7) is 5.81. The molecule has 0 saturated heterocycles. The van der Waals surface area contributed by atoms with E-state index in [4.69, 9.17) is 0 Å². The summed E-state index contributed by atoms with van der Waals surface area (Å²) in [5, 5.41) is 3.75. The summed E-state index contributed by atoms with van der Waals surface area (Å²) in [6.07, 6.45) is 12.9. The molecule has 2 aliphatic carbocycles. The van der Waals surface area contributed by atoms with Crippen LogP contribution in [0.4, 0.5) is 0 Å². The molecular formula is C17H34N2. The first kappa shape index (κ1) is 15.3. The Morgan fingerprint density at radius 3 is 2.32 bits per heavy atom. The third-order valence-electron chi connectivity index (χ3n) is 5.47. The fraction of sp³-hybridized carbons (Fsp3) is 1.00. The van der Waals surface area contributed by atoms with Gasteiger partial charge in [0.05, 0.1) is 0 Å². The Hall–Kier alpha value is -0.0800. The van der Waals surface area contributed by atoms with E-state index in [1.54, 1.807) is 0 Å². The average Bonchev–Trinajstić information content (AvgIpc) is 2.69. The molecular weight excluding hydrogens is 232 g/mol. The Labute approximate surface area is 120 Å². The zero-order valence-electron chi connectivity index (χ0n) is 13.3. The first-order chi connectivity index (χ1) is 9.22. The maximum absolute atomic E-state index is 3.75. The summed E-state index contributed by atoms with van der Waals surface area (Å²) in [7, 11) is 2.41. The quantitative estimate of drug-likeness (QED) is 0.779. The van der Waals surface area contributed by atoms with Crippen LogP contribution in [0.15, 0.2) is 0 Å². The van der Waals surface area contributed by atoms with Gasteiger partial charge in [-0.1, -0.05) is 39.5 Å². The van der Waals surface area contributed by atoms with E-state index in [0.29, 0.717) is 0 Å². The number of nitrogens with one attached hydrogen (secondary N) is 1. The van der Waals surface area contributed by atoms with E-state index in [9.17, 15) is 0 Å². The Kier molecular flexibility index (Phi) is 6.15. The second-order valence-corrected chi connectivity index (χ2v) is 6.96. The van der Waals surface area contributed by atoms with Gasteiger partial charge in [-0.15, -0.1) is 0 Å². The summed E-state index contributed by atoms with van der Waals surface area (Å²) in [4.78, 5) is 2.76. The molecule has 2 saturated carbocycles. The van der Waals surface area contributed by atoms with Crippen LogP contribution in [0.5, 0.6) is 0 Å². The zero-order valence-corrected chi connectivity index (χ0v) is 13.3. The highest BCUT2D eigenvalue weighted by Gasteiger charge is 2.33. The van der Waals surface area contributed by atoms with Gasteiger partial charge in [-0.25, -0.2) is 0 Å². The lowest BCUT2D eigenvalue weighted by atomic mass is 9.81. The maximum atomic E-state index is 3.75. The van der Waals surface area contributed by atoms with Crippen molar-refractivity contribution in [3.63, 3.8) is 0 Å². The molecule has 0 spiro atoms. The van der Waals surface area contributed by atoms with Gasteiger partial charge in [0.1, 0.15) is 0 Å². The normalized spacial score (nSPS) is 34.4. The Bertz CT molecular complexity index is 246. The summed E-state index contributed by atoms with van der Waals surface area (Å²) in [6, 6.07) is 2.35. The Balaban J connectivity index is 1.97. The largest absolute Gasteiger partial charge is 0.313 e. The van der Waals surface area contributed by atoms with Crippen molar-refractivity contribution in [1.29, 1.82) is 0 Å². The van der Waals surface area contributed by atoms with Crippen LogP contribution in [-0.2, 0) is 0 Å². The smallest absolute Gasteiger partial charge is 0.0251 e. The van der Waals surface area contributed by atoms with Crippen LogP contribution in [0.2, 0.25) is 0 Å². The zero-order chi connectivity index (χ0) is 13.7. The van der Waals surface area contributed by atoms with Gasteiger partial charge >= 0.3 is 0 Å². The molecule has 0 aliphatic heterocycles. The van der Waals surface area contributed by atoms with Crippen molar-refractivity contribution in [2.24, 2.45) is 5.92 Å². The SMILES string of the molecule is CCNC1CCC(C)CC1N(C)C1CCCCCC1. The number of rotatable bonds is 4. The first-order valence-electron chi connectivity index (χ1n) is 8.67. The molecule has 0 bridgehead atoms. The number of hydrogen-bond acceptors (Lipinski definition) is 2. The predicted molar refractivity (Wildman–Crippen MR) is 83.5 cm³/mol. The van der Waals surface area contributed by atoms with Gasteiger partial charge in [-0.2, -0.15) is 0 Å². The van der Waals surface area contributed by atoms with E-state index in [1.807, 2.05) is 0 Å². The first-order valence-corrected chi connectivity index (χ1v) is 8.67. The highest BCUT2D eigenvalue weighted by Crippen LogP contribution is 2.31. The lowest BCUT2D eigenvalue weighted by Crippen LogP contribution is -2.54. The van der Waals surface area contributed by atoms with Gasteiger partial charge in [0.15, 0.2) is 0 Å². The second-order valence-electron chi connectivity index (χ2n) is 6.96. The number of nitrogens with zero attached hydrogens (tertiary/aromatic N) is 1. The predicted octanol–water partition coefficient (Wildman–Crippen LogP) is 3.81. The fourth-order valence-corrected chi connectivity index (χ4v) is 4.24. The minimum absolute atomic E-state index is 0.731. The Morgan fingerprint density at radius 1 is 1.00 bits per heavy atom. The molecule has 112 valence electrons. The molecule has 3 unspecified atom stereocenters. The highest BCUT2D eigenvalue weighted by atomic mass is 15.2. The van der Waals surface area contributed by atoms with Crippen molar-refractivity contribution in [2.75, 3.05) is 13.6 Å². The van der Waals surface area contributed by atoms with Crippen LogP contribution >= 0.6 is 0 Å². The molecule has 1 N–H and O–H groups in total. The molecule has 0 aromatic carbocycles. The molecule has 0 aromatic heterocycles. The van der Waals surface area contributed by atoms with Crippen molar-refractivity contribution in [2.45, 2.75) is 89.8 Å². The third-order valence-corrected chi connectivity index (χ3v) is 5.47. The van der Waals surface area contributed by atoms with E-state index < -0.39 is 0 Å². The van der Waals surface area contributed by atoms with Gasteiger partial charge in [-0.05, 0) is 51.6 Å². The van der Waals surface area contributed by atoms with Gasteiger partial charge in [0.2, 0.25) is 0 Å². The lowest BCUT2D eigenvalue weighted by molar-refractivity contribution is 0.0809. The number of likely N-dealkylation sites (N-methyl/N-ethyl adjacent to an activating group) is 2. The van der Waals surface area contributed by atoms with E-state index in [-0.39, 0.29) is 0 Å². The fourth-order valence-electron chi connectivity index (χ4n) is 4.24. The van der Waals surface area contributed by atoms with E-state index in [1.165, 1.54) is 57.8 Å². The molecule has 0 heterocycles. The number of hydrogen-bond donors (Lipinski definition) is 1. The van der Waals surface area contributed by atoms with Crippen molar-refractivity contribution in [3.8, 4) is 0 Å². The second kappa shape index (κ2) is 7.64. The molecule has 19 heavy (non-hydrogen) atoms. The van der Waals surface area contributed by atoms with Crippen LogP contribution in [0.25, 0.3) is 0 Å². The van der Waals surface area contributed by atoms with Gasteiger partial charge < -0.3 is 5.32 Å². The molecule has 3 atom stereocenters. The van der Waals surface area contributed by atoms with Crippen molar-refractivity contribution in [3.05, 3.63) is 0 Å². The highest BCUT2D eigenvalue weighted by molar-refractivity contribution is 4.91. The van der Waals surface area contributed by atoms with Gasteiger partial charge in [0.25, 0.3) is 0 Å². The molecule has 0 radical (unpaired) electrons. The summed E-state index contributed by atoms with van der Waals surface area (Å²) in [5.41, 5.74) is 0. The molecule has 0 amide bonds. The molecule has 2 nitrogen and oxygen atoms in total. The standard InChI is InChI=1S/C17H34N2/c1-4-18-16-12-11-14(2)13-17(16)19(3)15-9-7-5-6-8-10-15/h14-18H,4-13H2,1-3H3. The van der Waals surface area contributed by atoms with Crippen LogP contribution < -0.4 is 5.32 Å². The molecule has 2 fully saturated rings.